The molecule has 32 heavy (non-hydrogen) atoms. The van der Waals surface area contributed by atoms with Crippen LogP contribution < -0.4 is 5.56 Å². The monoisotopic (exact) mass is 432 g/mol. The zero-order chi connectivity index (χ0) is 22.3. The van der Waals surface area contributed by atoms with Gasteiger partial charge in [-0.1, -0.05) is 60.7 Å². The van der Waals surface area contributed by atoms with E-state index in [9.17, 15) is 9.59 Å². The van der Waals surface area contributed by atoms with Crippen molar-refractivity contribution in [3.8, 4) is 22.4 Å². The molecular weight excluding hydrogens is 404 g/mol. The van der Waals surface area contributed by atoms with Gasteiger partial charge in [0.25, 0.3) is 5.56 Å². The molecule has 0 radical (unpaired) electrons. The molecule has 0 saturated heterocycles. The Morgan fingerprint density at radius 2 is 1.53 bits per heavy atom. The van der Waals surface area contributed by atoms with E-state index in [1.807, 2.05) is 60.7 Å². The van der Waals surface area contributed by atoms with E-state index in [0.717, 1.165) is 48.1 Å². The molecule has 6 heteroatoms. The molecule has 2 aromatic carbocycles. The Labute approximate surface area is 187 Å². The molecule has 1 N–H and O–H groups in total. The molecule has 0 spiro atoms. The van der Waals surface area contributed by atoms with Gasteiger partial charge in [0.15, 0.2) is 0 Å². The molecule has 166 valence electrons. The standard InChI is InChI=1S/C26H28N2O4/c29-24-15-23(21-7-3-1-4-8-21)26(22-9-5-2-6-10-22)27-28(24)16-19-11-13-20(14-12-19)17-32-18-25(30)31/h1-10,15,19-20H,11-14,16-18H2,(H,30,31)/t19-,20-. The number of carboxylic acids is 1. The first-order valence-electron chi connectivity index (χ1n) is 11.1. The van der Waals surface area contributed by atoms with Crippen LogP contribution in [0.5, 0.6) is 0 Å². The minimum absolute atomic E-state index is 0.0875. The maximum atomic E-state index is 13.0. The van der Waals surface area contributed by atoms with E-state index in [1.54, 1.807) is 10.7 Å². The van der Waals surface area contributed by atoms with E-state index in [0.29, 0.717) is 25.0 Å². The van der Waals surface area contributed by atoms with Crippen LogP contribution in [0.25, 0.3) is 22.4 Å². The molecule has 1 aliphatic carbocycles. The van der Waals surface area contributed by atoms with Gasteiger partial charge in [-0.2, -0.15) is 5.10 Å². The van der Waals surface area contributed by atoms with Crippen molar-refractivity contribution in [2.24, 2.45) is 11.8 Å². The van der Waals surface area contributed by atoms with E-state index >= 15 is 0 Å². The van der Waals surface area contributed by atoms with Gasteiger partial charge in [0.2, 0.25) is 0 Å². The third-order valence-corrected chi connectivity index (χ3v) is 6.11. The summed E-state index contributed by atoms with van der Waals surface area (Å²) in [6.45, 7) is 0.840. The first-order chi connectivity index (χ1) is 15.6. The van der Waals surface area contributed by atoms with E-state index in [-0.39, 0.29) is 12.2 Å². The molecule has 1 fully saturated rings. The van der Waals surface area contributed by atoms with E-state index in [1.165, 1.54) is 0 Å². The van der Waals surface area contributed by atoms with Gasteiger partial charge >= 0.3 is 5.97 Å². The lowest BCUT2D eigenvalue weighted by atomic mass is 9.82. The zero-order valence-corrected chi connectivity index (χ0v) is 18.0. The minimum atomic E-state index is -0.933. The minimum Gasteiger partial charge on any atom is -0.480 e. The quantitative estimate of drug-likeness (QED) is 0.567. The molecule has 4 rings (SSSR count). The highest BCUT2D eigenvalue weighted by Gasteiger charge is 2.23. The maximum absolute atomic E-state index is 13.0. The van der Waals surface area contributed by atoms with Crippen molar-refractivity contribution in [3.63, 3.8) is 0 Å². The number of ether oxygens (including phenoxy) is 1. The average Bonchev–Trinajstić information content (AvgIpc) is 2.82. The van der Waals surface area contributed by atoms with E-state index < -0.39 is 5.97 Å². The second-order valence-electron chi connectivity index (χ2n) is 8.45. The molecule has 3 aromatic rings. The summed E-state index contributed by atoms with van der Waals surface area (Å²) in [4.78, 5) is 23.6. The third kappa shape index (κ3) is 5.51. The molecular formula is C26H28N2O4. The van der Waals surface area contributed by atoms with Gasteiger partial charge in [-0.3, -0.25) is 4.79 Å². The highest BCUT2D eigenvalue weighted by atomic mass is 16.5. The number of aromatic nitrogens is 2. The van der Waals surface area contributed by atoms with Crippen LogP contribution in [0.15, 0.2) is 71.5 Å². The van der Waals surface area contributed by atoms with Crippen molar-refractivity contribution in [2.75, 3.05) is 13.2 Å². The fraction of sp³-hybridized carbons (Fsp3) is 0.346. The Hall–Kier alpha value is -3.25. The Balaban J connectivity index is 1.52. The summed E-state index contributed by atoms with van der Waals surface area (Å²) in [7, 11) is 0. The third-order valence-electron chi connectivity index (χ3n) is 6.11. The van der Waals surface area contributed by atoms with Gasteiger partial charge in [0.05, 0.1) is 12.3 Å². The van der Waals surface area contributed by atoms with E-state index in [2.05, 4.69) is 0 Å². The van der Waals surface area contributed by atoms with Crippen LogP contribution in [0.1, 0.15) is 25.7 Å². The number of carbonyl (C=O) groups is 1. The predicted octanol–water partition coefficient (Wildman–Crippen LogP) is 4.48. The molecule has 6 nitrogen and oxygen atoms in total. The van der Waals surface area contributed by atoms with Crippen molar-refractivity contribution in [1.29, 1.82) is 0 Å². The summed E-state index contributed by atoms with van der Waals surface area (Å²) in [5, 5.41) is 13.5. The molecule has 1 saturated carbocycles. The molecule has 0 bridgehead atoms. The normalized spacial score (nSPS) is 18.4. The van der Waals surface area contributed by atoms with Gasteiger partial charge in [-0.25, -0.2) is 9.48 Å². The van der Waals surface area contributed by atoms with Crippen molar-refractivity contribution < 1.29 is 14.6 Å². The first kappa shape index (κ1) is 22.0. The summed E-state index contributed by atoms with van der Waals surface area (Å²) in [5.74, 6) is -0.171. The second-order valence-corrected chi connectivity index (χ2v) is 8.45. The second kappa shape index (κ2) is 10.4. The Morgan fingerprint density at radius 1 is 0.938 bits per heavy atom. The maximum Gasteiger partial charge on any atom is 0.329 e. The smallest absolute Gasteiger partial charge is 0.329 e. The van der Waals surface area contributed by atoms with Crippen LogP contribution in [-0.2, 0) is 16.1 Å². The molecule has 1 aromatic heterocycles. The lowest BCUT2D eigenvalue weighted by molar-refractivity contribution is -0.142. The summed E-state index contributed by atoms with van der Waals surface area (Å²) in [5.41, 5.74) is 3.53. The number of hydrogen-bond acceptors (Lipinski definition) is 4. The van der Waals surface area contributed by atoms with Crippen LogP contribution in [-0.4, -0.2) is 34.1 Å². The van der Waals surface area contributed by atoms with Crippen LogP contribution in [0.4, 0.5) is 0 Å². The topological polar surface area (TPSA) is 81.4 Å². The Morgan fingerprint density at radius 3 is 2.16 bits per heavy atom. The van der Waals surface area contributed by atoms with Crippen molar-refractivity contribution in [3.05, 3.63) is 77.1 Å². The summed E-state index contributed by atoms with van der Waals surface area (Å²) < 4.78 is 6.87. The van der Waals surface area contributed by atoms with Gasteiger partial charge < -0.3 is 9.84 Å². The van der Waals surface area contributed by atoms with Gasteiger partial charge in [0, 0.05) is 23.7 Å². The summed E-state index contributed by atoms with van der Waals surface area (Å²) in [6, 6.07) is 21.6. The van der Waals surface area contributed by atoms with Crippen molar-refractivity contribution >= 4 is 5.97 Å². The number of benzene rings is 2. The average molecular weight is 433 g/mol. The summed E-state index contributed by atoms with van der Waals surface area (Å²) in [6.07, 6.45) is 3.92. The van der Waals surface area contributed by atoms with Crippen LogP contribution in [0.3, 0.4) is 0 Å². The molecule has 1 heterocycles. The van der Waals surface area contributed by atoms with Crippen LogP contribution in [0, 0.1) is 11.8 Å². The van der Waals surface area contributed by atoms with Crippen LogP contribution >= 0.6 is 0 Å². The molecule has 0 atom stereocenters. The first-order valence-corrected chi connectivity index (χ1v) is 11.1. The van der Waals surface area contributed by atoms with E-state index in [4.69, 9.17) is 14.9 Å². The number of carboxylic acid groups (broad SMARTS) is 1. The molecule has 0 aliphatic heterocycles. The highest BCUT2D eigenvalue weighted by Crippen LogP contribution is 2.31. The molecule has 1 aliphatic rings. The number of hydrogen-bond donors (Lipinski definition) is 1. The number of nitrogens with zero attached hydrogens (tertiary/aromatic N) is 2. The van der Waals surface area contributed by atoms with Gasteiger partial charge in [0.1, 0.15) is 6.61 Å². The SMILES string of the molecule is O=C(O)COC[C@H]1CC[C@H](Cn2nc(-c3ccccc3)c(-c3ccccc3)cc2=O)CC1. The number of aliphatic carboxylic acids is 1. The molecule has 0 amide bonds. The lowest BCUT2D eigenvalue weighted by Crippen LogP contribution is -2.29. The number of rotatable bonds is 8. The zero-order valence-electron chi connectivity index (χ0n) is 18.0. The lowest BCUT2D eigenvalue weighted by Gasteiger charge is -2.28. The van der Waals surface area contributed by atoms with Crippen molar-refractivity contribution in [1.82, 2.24) is 9.78 Å². The molecule has 0 unspecified atom stereocenters. The predicted molar refractivity (Wildman–Crippen MR) is 123 cm³/mol. The Kier molecular flexibility index (Phi) is 7.12. The Bertz CT molecular complexity index is 1090. The van der Waals surface area contributed by atoms with Crippen LogP contribution in [0.2, 0.25) is 0 Å². The van der Waals surface area contributed by atoms with Gasteiger partial charge in [-0.15, -0.1) is 0 Å². The van der Waals surface area contributed by atoms with Gasteiger partial charge in [-0.05, 0) is 43.1 Å². The fourth-order valence-electron chi connectivity index (χ4n) is 4.41. The largest absolute Gasteiger partial charge is 0.480 e. The van der Waals surface area contributed by atoms with Crippen molar-refractivity contribution in [2.45, 2.75) is 32.2 Å². The highest BCUT2D eigenvalue weighted by molar-refractivity contribution is 5.80. The fourth-order valence-corrected chi connectivity index (χ4v) is 4.41. The summed E-state index contributed by atoms with van der Waals surface area (Å²) >= 11 is 0.